The number of aliphatic hydroxyl groups excluding tert-OH is 2. The van der Waals surface area contributed by atoms with Crippen molar-refractivity contribution in [1.82, 2.24) is 0 Å². The first-order chi connectivity index (χ1) is 17.0. The minimum atomic E-state index is -0.498. The molecule has 3 aromatic carbocycles. The summed E-state index contributed by atoms with van der Waals surface area (Å²) in [5.74, 6) is 1.20. The Hall–Kier alpha value is -2.64. The molecule has 3 aromatic rings. The third-order valence-electron chi connectivity index (χ3n) is 6.54. The normalized spacial score (nSPS) is 23.5. The summed E-state index contributed by atoms with van der Waals surface area (Å²) in [4.78, 5) is 0. The highest BCUT2D eigenvalue weighted by atomic mass is 35.5. The van der Waals surface area contributed by atoms with Crippen molar-refractivity contribution >= 4 is 11.6 Å². The van der Waals surface area contributed by atoms with Gasteiger partial charge in [0, 0.05) is 29.8 Å². The van der Waals surface area contributed by atoms with Gasteiger partial charge < -0.3 is 24.4 Å². The van der Waals surface area contributed by atoms with Gasteiger partial charge in [0.05, 0.1) is 24.9 Å². The fraction of sp³-hybridized carbons (Fsp3) is 0.357. The van der Waals surface area contributed by atoms with Crippen molar-refractivity contribution in [1.29, 1.82) is 0 Å². The van der Waals surface area contributed by atoms with E-state index < -0.39 is 6.10 Å². The number of ether oxygens (including phenoxy) is 3. The number of rotatable bonds is 7. The second-order valence-electron chi connectivity index (χ2n) is 9.23. The monoisotopic (exact) mass is 498 g/mol. The summed E-state index contributed by atoms with van der Waals surface area (Å²) in [7, 11) is 0. The zero-order chi connectivity index (χ0) is 24.4. The van der Waals surface area contributed by atoms with Gasteiger partial charge in [0.2, 0.25) is 0 Å². The van der Waals surface area contributed by atoms with Crippen LogP contribution in [0.4, 0.5) is 4.39 Å². The Morgan fingerprint density at radius 3 is 2.63 bits per heavy atom. The Kier molecular flexibility index (Phi) is 7.25. The molecule has 0 radical (unpaired) electrons. The van der Waals surface area contributed by atoms with Crippen LogP contribution in [0.25, 0.3) is 0 Å². The van der Waals surface area contributed by atoms with Crippen molar-refractivity contribution in [3.63, 3.8) is 0 Å². The number of benzene rings is 3. The Balaban J connectivity index is 1.19. The largest absolute Gasteiger partial charge is 0.490 e. The molecule has 184 valence electrons. The van der Waals surface area contributed by atoms with E-state index in [2.05, 4.69) is 0 Å². The number of aliphatic hydroxyl groups is 2. The summed E-state index contributed by atoms with van der Waals surface area (Å²) in [5, 5.41) is 20.3. The van der Waals surface area contributed by atoms with Gasteiger partial charge in [0.15, 0.2) is 0 Å². The SMILES string of the molecule is OCC1CC(O)CC(c2ccc(Cl)c(Cc3ccc(OCC4Cc5cc(F)ccc5O4)cc3)c2)O1. The van der Waals surface area contributed by atoms with Crippen LogP contribution in [-0.4, -0.2) is 41.7 Å². The topological polar surface area (TPSA) is 68.2 Å². The van der Waals surface area contributed by atoms with E-state index in [0.717, 1.165) is 33.8 Å². The van der Waals surface area contributed by atoms with Crippen LogP contribution in [-0.2, 0) is 17.6 Å². The van der Waals surface area contributed by atoms with Crippen molar-refractivity contribution < 1.29 is 28.8 Å². The van der Waals surface area contributed by atoms with E-state index in [1.54, 1.807) is 6.07 Å². The molecule has 2 aliphatic rings. The van der Waals surface area contributed by atoms with Crippen molar-refractivity contribution in [2.75, 3.05) is 13.2 Å². The summed E-state index contributed by atoms with van der Waals surface area (Å²) in [6.45, 7) is 0.270. The molecule has 7 heteroatoms. The molecule has 4 atom stereocenters. The second kappa shape index (κ2) is 10.5. The zero-order valence-corrected chi connectivity index (χ0v) is 20.0. The number of hydrogen-bond donors (Lipinski definition) is 2. The van der Waals surface area contributed by atoms with E-state index in [9.17, 15) is 14.6 Å². The van der Waals surface area contributed by atoms with E-state index >= 15 is 0 Å². The highest BCUT2D eigenvalue weighted by Gasteiger charge is 2.29. The van der Waals surface area contributed by atoms with Gasteiger partial charge in [0.25, 0.3) is 0 Å². The lowest BCUT2D eigenvalue weighted by Gasteiger charge is -2.32. The molecule has 1 fully saturated rings. The van der Waals surface area contributed by atoms with Gasteiger partial charge in [-0.05, 0) is 59.5 Å². The van der Waals surface area contributed by atoms with E-state index in [1.165, 1.54) is 12.1 Å². The van der Waals surface area contributed by atoms with Gasteiger partial charge >= 0.3 is 0 Å². The second-order valence-corrected chi connectivity index (χ2v) is 9.64. The van der Waals surface area contributed by atoms with Crippen LogP contribution in [0.2, 0.25) is 5.02 Å². The average Bonchev–Trinajstić information content (AvgIpc) is 3.26. The molecule has 0 saturated carbocycles. The highest BCUT2D eigenvalue weighted by molar-refractivity contribution is 6.31. The van der Waals surface area contributed by atoms with Gasteiger partial charge in [-0.1, -0.05) is 35.9 Å². The predicted molar refractivity (Wildman–Crippen MR) is 131 cm³/mol. The van der Waals surface area contributed by atoms with Gasteiger partial charge in [-0.2, -0.15) is 0 Å². The van der Waals surface area contributed by atoms with Crippen LogP contribution in [0, 0.1) is 5.82 Å². The van der Waals surface area contributed by atoms with Gasteiger partial charge in [-0.15, -0.1) is 0 Å². The Bertz CT molecular complexity index is 1170. The fourth-order valence-electron chi connectivity index (χ4n) is 4.75. The number of fused-ring (bicyclic) bond motifs is 1. The standard InChI is InChI=1S/C28H28ClFO5/c29-26-7-3-18(28-14-22(32)13-24(15-31)34-28)10-19(26)9-17-1-5-23(6-2-17)33-16-25-12-20-11-21(30)4-8-27(20)35-25/h1-8,10-11,22,24-25,28,31-32H,9,12-16H2. The van der Waals surface area contributed by atoms with Gasteiger partial charge in [-0.25, -0.2) is 4.39 Å². The van der Waals surface area contributed by atoms with Crippen molar-refractivity contribution in [3.05, 3.63) is 93.8 Å². The summed E-state index contributed by atoms with van der Waals surface area (Å²) in [6, 6.07) is 18.2. The zero-order valence-electron chi connectivity index (χ0n) is 19.2. The van der Waals surface area contributed by atoms with Gasteiger partial charge in [0.1, 0.15) is 30.0 Å². The molecule has 0 aliphatic carbocycles. The van der Waals surface area contributed by atoms with Crippen LogP contribution in [0.3, 0.4) is 0 Å². The molecule has 5 rings (SSSR count). The highest BCUT2D eigenvalue weighted by Crippen LogP contribution is 2.34. The summed E-state index contributed by atoms with van der Waals surface area (Å²) < 4.78 is 31.1. The molecule has 35 heavy (non-hydrogen) atoms. The molecular weight excluding hydrogens is 471 g/mol. The Labute approximate surface area is 209 Å². The maximum absolute atomic E-state index is 13.4. The van der Waals surface area contributed by atoms with Crippen LogP contribution in [0.5, 0.6) is 11.5 Å². The number of halogens is 2. The Morgan fingerprint density at radius 1 is 1.00 bits per heavy atom. The minimum absolute atomic E-state index is 0.110. The van der Waals surface area contributed by atoms with Crippen molar-refractivity contribution in [2.24, 2.45) is 0 Å². The number of hydrogen-bond acceptors (Lipinski definition) is 5. The molecule has 1 saturated heterocycles. The van der Waals surface area contributed by atoms with E-state index in [-0.39, 0.29) is 30.7 Å². The first-order valence-electron chi connectivity index (χ1n) is 11.9. The smallest absolute Gasteiger partial charge is 0.137 e. The average molecular weight is 499 g/mol. The molecule has 2 heterocycles. The third-order valence-corrected chi connectivity index (χ3v) is 6.91. The van der Waals surface area contributed by atoms with Crippen LogP contribution in [0.1, 0.15) is 41.2 Å². The van der Waals surface area contributed by atoms with Crippen LogP contribution >= 0.6 is 11.6 Å². The molecule has 0 amide bonds. The maximum Gasteiger partial charge on any atom is 0.137 e. The lowest BCUT2D eigenvalue weighted by molar-refractivity contribution is -0.113. The first kappa shape index (κ1) is 24.1. The fourth-order valence-corrected chi connectivity index (χ4v) is 4.93. The van der Waals surface area contributed by atoms with E-state index in [1.807, 2.05) is 42.5 Å². The van der Waals surface area contributed by atoms with Crippen LogP contribution in [0.15, 0.2) is 60.7 Å². The first-order valence-corrected chi connectivity index (χ1v) is 12.2. The molecular formula is C28H28ClFO5. The van der Waals surface area contributed by atoms with Gasteiger partial charge in [-0.3, -0.25) is 0 Å². The van der Waals surface area contributed by atoms with E-state index in [0.29, 0.717) is 37.3 Å². The molecule has 0 bridgehead atoms. The summed E-state index contributed by atoms with van der Waals surface area (Å²) in [5.41, 5.74) is 3.85. The lowest BCUT2D eigenvalue weighted by Crippen LogP contribution is -2.33. The van der Waals surface area contributed by atoms with Crippen LogP contribution < -0.4 is 9.47 Å². The quantitative estimate of drug-likeness (QED) is 0.478. The van der Waals surface area contributed by atoms with Crippen molar-refractivity contribution in [2.45, 2.75) is 50.1 Å². The third kappa shape index (κ3) is 5.78. The Morgan fingerprint density at radius 2 is 1.83 bits per heavy atom. The lowest BCUT2D eigenvalue weighted by atomic mass is 9.94. The molecule has 5 nitrogen and oxygen atoms in total. The molecule has 0 aromatic heterocycles. The summed E-state index contributed by atoms with van der Waals surface area (Å²) >= 11 is 6.48. The predicted octanol–water partition coefficient (Wildman–Crippen LogP) is 5.03. The molecule has 2 aliphatic heterocycles. The minimum Gasteiger partial charge on any atom is -0.490 e. The van der Waals surface area contributed by atoms with Crippen molar-refractivity contribution in [3.8, 4) is 11.5 Å². The molecule has 0 spiro atoms. The van der Waals surface area contributed by atoms with E-state index in [4.69, 9.17) is 25.8 Å². The molecule has 2 N–H and O–H groups in total. The molecule has 4 unspecified atom stereocenters. The maximum atomic E-state index is 13.4. The summed E-state index contributed by atoms with van der Waals surface area (Å²) in [6.07, 6.45) is 0.929.